The summed E-state index contributed by atoms with van der Waals surface area (Å²) in [5.74, 6) is -0.870. The number of nitrogens with one attached hydrogen (secondary N) is 1. The molecule has 0 aliphatic heterocycles. The number of hydrogen-bond donors (Lipinski definition) is 2. The zero-order valence-electron chi connectivity index (χ0n) is 11.6. The predicted molar refractivity (Wildman–Crippen MR) is 80.1 cm³/mol. The molecule has 0 saturated heterocycles. The molecule has 4 nitrogen and oxygen atoms in total. The Kier molecular flexibility index (Phi) is 5.24. The van der Waals surface area contributed by atoms with Crippen molar-refractivity contribution >= 4 is 21.6 Å². The van der Waals surface area contributed by atoms with Crippen molar-refractivity contribution in [1.82, 2.24) is 4.72 Å². The number of hydrogen-bond acceptors (Lipinski definition) is 3. The second-order valence-electron chi connectivity index (χ2n) is 5.61. The van der Waals surface area contributed by atoms with Gasteiger partial charge in [-0.1, -0.05) is 36.9 Å². The van der Waals surface area contributed by atoms with Crippen LogP contribution in [0.4, 0.5) is 4.39 Å². The second-order valence-corrected chi connectivity index (χ2v) is 7.83. The van der Waals surface area contributed by atoms with Gasteiger partial charge in [-0.3, -0.25) is 0 Å². The van der Waals surface area contributed by atoms with Crippen LogP contribution in [-0.4, -0.2) is 25.7 Å². The molecule has 2 N–H and O–H groups in total. The molecule has 0 bridgehead atoms. The monoisotopic (exact) mass is 335 g/mol. The van der Waals surface area contributed by atoms with Crippen molar-refractivity contribution in [1.29, 1.82) is 0 Å². The van der Waals surface area contributed by atoms with Crippen LogP contribution in [0.25, 0.3) is 0 Å². The highest BCUT2D eigenvalue weighted by molar-refractivity contribution is 7.88. The zero-order valence-corrected chi connectivity index (χ0v) is 13.2. The molecule has 1 aliphatic rings. The normalized spacial score (nSPS) is 18.6. The fourth-order valence-corrected chi connectivity index (χ4v) is 3.94. The van der Waals surface area contributed by atoms with Crippen LogP contribution >= 0.6 is 11.6 Å². The first-order valence-corrected chi connectivity index (χ1v) is 8.96. The third-order valence-corrected chi connectivity index (χ3v) is 5.33. The molecular formula is C14H19ClFNO3S. The Morgan fingerprint density at radius 3 is 2.57 bits per heavy atom. The Morgan fingerprint density at radius 2 is 1.95 bits per heavy atom. The highest BCUT2D eigenvalue weighted by Crippen LogP contribution is 2.27. The number of rotatable bonds is 5. The van der Waals surface area contributed by atoms with Gasteiger partial charge in [0.25, 0.3) is 0 Å². The molecule has 1 fully saturated rings. The van der Waals surface area contributed by atoms with E-state index in [-0.39, 0.29) is 17.3 Å². The third kappa shape index (κ3) is 4.92. The first-order chi connectivity index (χ1) is 9.80. The Balaban J connectivity index is 1.96. The van der Waals surface area contributed by atoms with E-state index < -0.39 is 21.4 Å². The van der Waals surface area contributed by atoms with Crippen molar-refractivity contribution in [2.45, 2.75) is 43.5 Å². The van der Waals surface area contributed by atoms with Gasteiger partial charge in [-0.25, -0.2) is 17.5 Å². The SMILES string of the molecule is O=S(=O)(Cc1ccc(F)c(Cl)c1)NCC1(O)CCCCC1. The largest absolute Gasteiger partial charge is 0.389 e. The molecule has 21 heavy (non-hydrogen) atoms. The van der Waals surface area contributed by atoms with Crippen molar-refractivity contribution in [3.8, 4) is 0 Å². The summed E-state index contributed by atoms with van der Waals surface area (Å²) in [4.78, 5) is 0. The average molecular weight is 336 g/mol. The highest BCUT2D eigenvalue weighted by Gasteiger charge is 2.30. The fourth-order valence-electron chi connectivity index (χ4n) is 2.53. The summed E-state index contributed by atoms with van der Waals surface area (Å²) in [6.07, 6.45) is 4.11. The molecule has 0 atom stereocenters. The molecule has 1 aromatic carbocycles. The van der Waals surface area contributed by atoms with Crippen LogP contribution in [0.1, 0.15) is 37.7 Å². The van der Waals surface area contributed by atoms with Crippen LogP contribution in [0.15, 0.2) is 18.2 Å². The smallest absolute Gasteiger partial charge is 0.215 e. The maximum atomic E-state index is 13.0. The molecular weight excluding hydrogens is 317 g/mol. The fraction of sp³-hybridized carbons (Fsp3) is 0.571. The lowest BCUT2D eigenvalue weighted by atomic mass is 9.85. The molecule has 0 spiro atoms. The molecule has 118 valence electrons. The summed E-state index contributed by atoms with van der Waals surface area (Å²) < 4.78 is 39.5. The van der Waals surface area contributed by atoms with E-state index in [9.17, 15) is 17.9 Å². The predicted octanol–water partition coefficient (Wildman–Crippen LogP) is 2.59. The quantitative estimate of drug-likeness (QED) is 0.869. The summed E-state index contributed by atoms with van der Waals surface area (Å²) in [5, 5.41) is 10.2. The Labute approximate surface area is 129 Å². The minimum absolute atomic E-state index is 0.0181. The van der Waals surface area contributed by atoms with Crippen LogP contribution in [-0.2, 0) is 15.8 Å². The van der Waals surface area contributed by atoms with Crippen LogP contribution in [0.5, 0.6) is 0 Å². The van der Waals surface area contributed by atoms with E-state index in [1.165, 1.54) is 12.1 Å². The van der Waals surface area contributed by atoms with E-state index in [0.29, 0.717) is 18.4 Å². The summed E-state index contributed by atoms with van der Waals surface area (Å²) in [6, 6.07) is 3.82. The number of halogens is 2. The first kappa shape index (κ1) is 16.7. The zero-order chi connectivity index (χ0) is 15.5. The van der Waals surface area contributed by atoms with Gasteiger partial charge in [0.2, 0.25) is 10.0 Å². The molecule has 0 unspecified atom stereocenters. The molecule has 0 heterocycles. The molecule has 7 heteroatoms. The highest BCUT2D eigenvalue weighted by atomic mass is 35.5. The van der Waals surface area contributed by atoms with Crippen molar-refractivity contribution in [2.24, 2.45) is 0 Å². The third-order valence-electron chi connectivity index (χ3n) is 3.75. The summed E-state index contributed by atoms with van der Waals surface area (Å²) >= 11 is 5.63. The van der Waals surface area contributed by atoms with Gasteiger partial charge in [0, 0.05) is 6.54 Å². The lowest BCUT2D eigenvalue weighted by molar-refractivity contribution is 0.00944. The minimum Gasteiger partial charge on any atom is -0.389 e. The molecule has 1 saturated carbocycles. The van der Waals surface area contributed by atoms with Crippen LogP contribution in [0.3, 0.4) is 0 Å². The van der Waals surface area contributed by atoms with Gasteiger partial charge in [0.05, 0.1) is 16.4 Å². The van der Waals surface area contributed by atoms with E-state index in [2.05, 4.69) is 4.72 Å². The minimum atomic E-state index is -3.59. The van der Waals surface area contributed by atoms with E-state index in [0.717, 1.165) is 25.3 Å². The van der Waals surface area contributed by atoms with Crippen molar-refractivity contribution in [3.63, 3.8) is 0 Å². The van der Waals surface area contributed by atoms with Crippen LogP contribution < -0.4 is 4.72 Å². The lowest BCUT2D eigenvalue weighted by Crippen LogP contribution is -2.44. The molecule has 1 aromatic rings. The summed E-state index contributed by atoms with van der Waals surface area (Å²) in [6.45, 7) is 0.0181. The van der Waals surface area contributed by atoms with Crippen molar-refractivity contribution in [2.75, 3.05) is 6.54 Å². The van der Waals surface area contributed by atoms with Gasteiger partial charge in [-0.15, -0.1) is 0 Å². The van der Waals surface area contributed by atoms with Gasteiger partial charge < -0.3 is 5.11 Å². The first-order valence-electron chi connectivity index (χ1n) is 6.93. The molecule has 0 amide bonds. The lowest BCUT2D eigenvalue weighted by Gasteiger charge is -2.32. The second kappa shape index (κ2) is 6.60. The van der Waals surface area contributed by atoms with Gasteiger partial charge in [-0.2, -0.15) is 0 Å². The summed E-state index contributed by atoms with van der Waals surface area (Å²) in [5.41, 5.74) is -0.546. The molecule has 2 rings (SSSR count). The van der Waals surface area contributed by atoms with E-state index in [4.69, 9.17) is 11.6 Å². The average Bonchev–Trinajstić information content (AvgIpc) is 2.42. The van der Waals surface area contributed by atoms with Crippen molar-refractivity contribution in [3.05, 3.63) is 34.6 Å². The Morgan fingerprint density at radius 1 is 1.29 bits per heavy atom. The molecule has 0 aromatic heterocycles. The van der Waals surface area contributed by atoms with E-state index in [1.54, 1.807) is 0 Å². The maximum absolute atomic E-state index is 13.0. The Bertz CT molecular complexity index is 600. The van der Waals surface area contributed by atoms with Crippen LogP contribution in [0.2, 0.25) is 5.02 Å². The van der Waals surface area contributed by atoms with Gasteiger partial charge in [0.1, 0.15) is 5.82 Å². The molecule has 0 radical (unpaired) electrons. The van der Waals surface area contributed by atoms with Crippen LogP contribution in [0, 0.1) is 5.82 Å². The Hall–Kier alpha value is -0.690. The van der Waals surface area contributed by atoms with Gasteiger partial charge in [0.15, 0.2) is 0 Å². The number of sulfonamides is 1. The molecule has 1 aliphatic carbocycles. The van der Waals surface area contributed by atoms with E-state index >= 15 is 0 Å². The summed E-state index contributed by atoms with van der Waals surface area (Å²) in [7, 11) is -3.59. The van der Waals surface area contributed by atoms with Gasteiger partial charge >= 0.3 is 0 Å². The number of aliphatic hydroxyl groups is 1. The van der Waals surface area contributed by atoms with Crippen molar-refractivity contribution < 1.29 is 17.9 Å². The number of benzene rings is 1. The standard InChI is InChI=1S/C14H19ClFNO3S/c15-12-8-11(4-5-13(12)16)9-21(19,20)17-10-14(18)6-2-1-3-7-14/h4-5,8,17-18H,1-3,6-7,9-10H2. The van der Waals surface area contributed by atoms with E-state index in [1.807, 2.05) is 0 Å². The maximum Gasteiger partial charge on any atom is 0.215 e. The van der Waals surface area contributed by atoms with Gasteiger partial charge in [-0.05, 0) is 30.5 Å². The topological polar surface area (TPSA) is 66.4 Å².